The molecule has 3 aromatic rings. The molecule has 0 atom stereocenters. The van der Waals surface area contributed by atoms with Gasteiger partial charge in [-0.15, -0.1) is 11.3 Å². The van der Waals surface area contributed by atoms with Crippen LogP contribution in [-0.2, 0) is 14.8 Å². The Morgan fingerprint density at radius 3 is 2.47 bits per heavy atom. The van der Waals surface area contributed by atoms with Crippen molar-refractivity contribution in [2.24, 2.45) is 0 Å². The number of carbonyl (C=O) groups excluding carboxylic acids is 2. The van der Waals surface area contributed by atoms with E-state index in [1.165, 1.54) is 44.6 Å². The molecule has 1 aromatic carbocycles. The SMILES string of the molecule is Cc1cc(NC(=O)c2ccco2)sc1C(=O)OCCOc1ccc(S(=O)(=O)N(C)C)cc1. The Morgan fingerprint density at radius 2 is 1.84 bits per heavy atom. The Bertz CT molecular complexity index is 1180. The molecule has 11 heteroatoms. The van der Waals surface area contributed by atoms with Gasteiger partial charge in [-0.05, 0) is 55.0 Å². The highest BCUT2D eigenvalue weighted by Crippen LogP contribution is 2.28. The molecule has 0 bridgehead atoms. The van der Waals surface area contributed by atoms with Gasteiger partial charge in [0, 0.05) is 14.1 Å². The number of ether oxygens (including phenoxy) is 2. The van der Waals surface area contributed by atoms with Crippen molar-refractivity contribution in [2.45, 2.75) is 11.8 Å². The highest BCUT2D eigenvalue weighted by atomic mass is 32.2. The number of carbonyl (C=O) groups is 2. The van der Waals surface area contributed by atoms with Gasteiger partial charge in [-0.25, -0.2) is 17.5 Å². The lowest BCUT2D eigenvalue weighted by Crippen LogP contribution is -2.22. The van der Waals surface area contributed by atoms with Gasteiger partial charge in [0.15, 0.2) is 5.76 Å². The Morgan fingerprint density at radius 1 is 1.12 bits per heavy atom. The van der Waals surface area contributed by atoms with Gasteiger partial charge in [0.2, 0.25) is 10.0 Å². The molecule has 1 amide bonds. The molecule has 2 heterocycles. The van der Waals surface area contributed by atoms with Crippen molar-refractivity contribution in [3.8, 4) is 5.75 Å². The first-order valence-corrected chi connectivity index (χ1v) is 11.7. The molecule has 1 N–H and O–H groups in total. The van der Waals surface area contributed by atoms with Crippen molar-refractivity contribution in [2.75, 3.05) is 32.6 Å². The molecule has 3 rings (SSSR count). The molecular formula is C21H22N2O7S2. The summed E-state index contributed by atoms with van der Waals surface area (Å²) in [6.45, 7) is 1.84. The van der Waals surface area contributed by atoms with Crippen LogP contribution < -0.4 is 10.1 Å². The maximum Gasteiger partial charge on any atom is 0.348 e. The first kappa shape index (κ1) is 23.5. The molecule has 0 aliphatic heterocycles. The summed E-state index contributed by atoms with van der Waals surface area (Å²) in [6, 6.07) is 10.8. The maximum absolute atomic E-state index is 12.4. The Labute approximate surface area is 189 Å². The van der Waals surface area contributed by atoms with E-state index in [1.54, 1.807) is 25.1 Å². The van der Waals surface area contributed by atoms with Crippen LogP contribution >= 0.6 is 11.3 Å². The summed E-state index contributed by atoms with van der Waals surface area (Å²) in [7, 11) is -0.590. The van der Waals surface area contributed by atoms with Gasteiger partial charge < -0.3 is 19.2 Å². The van der Waals surface area contributed by atoms with Crippen LogP contribution in [0.15, 0.2) is 58.0 Å². The fraction of sp³-hybridized carbons (Fsp3) is 0.238. The monoisotopic (exact) mass is 478 g/mol. The number of thiophene rings is 1. The molecule has 2 aromatic heterocycles. The van der Waals surface area contributed by atoms with E-state index in [-0.39, 0.29) is 23.9 Å². The standard InChI is InChI=1S/C21H22N2O7S2/c1-14-13-18(22-20(24)17-5-4-10-29-17)31-19(14)21(25)30-12-11-28-15-6-8-16(9-7-15)32(26,27)23(2)3/h4-10,13H,11-12H2,1-3H3,(H,22,24). The summed E-state index contributed by atoms with van der Waals surface area (Å²) in [4.78, 5) is 24.9. The number of nitrogens with one attached hydrogen (secondary N) is 1. The molecule has 0 saturated heterocycles. The Hall–Kier alpha value is -3.15. The maximum atomic E-state index is 12.4. The normalized spacial score (nSPS) is 11.4. The number of anilines is 1. The minimum atomic E-state index is -3.51. The molecule has 0 aliphatic rings. The number of nitrogens with zero attached hydrogens (tertiary/aromatic N) is 1. The second-order valence-electron chi connectivity index (χ2n) is 6.80. The van der Waals surface area contributed by atoms with Crippen molar-refractivity contribution in [1.82, 2.24) is 4.31 Å². The number of rotatable bonds is 9. The van der Waals surface area contributed by atoms with Gasteiger partial charge in [-0.2, -0.15) is 0 Å². The first-order chi connectivity index (χ1) is 15.2. The highest BCUT2D eigenvalue weighted by Gasteiger charge is 2.18. The van der Waals surface area contributed by atoms with E-state index in [0.29, 0.717) is 21.2 Å². The molecular weight excluding hydrogens is 456 g/mol. The van der Waals surface area contributed by atoms with Crippen molar-refractivity contribution in [3.05, 3.63) is 64.9 Å². The number of sulfonamides is 1. The van der Waals surface area contributed by atoms with E-state index in [4.69, 9.17) is 13.9 Å². The van der Waals surface area contributed by atoms with E-state index in [9.17, 15) is 18.0 Å². The third-order valence-electron chi connectivity index (χ3n) is 4.27. The van der Waals surface area contributed by atoms with Crippen molar-refractivity contribution in [1.29, 1.82) is 0 Å². The van der Waals surface area contributed by atoms with Crippen LogP contribution in [0.4, 0.5) is 5.00 Å². The predicted octanol–water partition coefficient (Wildman–Crippen LogP) is 3.39. The molecule has 0 aliphatic carbocycles. The number of aryl methyl sites for hydroxylation is 1. The molecule has 0 saturated carbocycles. The van der Waals surface area contributed by atoms with Crippen LogP contribution in [0.25, 0.3) is 0 Å². The van der Waals surface area contributed by atoms with Crippen molar-refractivity contribution >= 4 is 38.2 Å². The van der Waals surface area contributed by atoms with Gasteiger partial charge in [0.25, 0.3) is 5.91 Å². The largest absolute Gasteiger partial charge is 0.490 e. The third-order valence-corrected chi connectivity index (χ3v) is 7.23. The zero-order chi connectivity index (χ0) is 23.3. The Balaban J connectivity index is 1.49. The summed E-state index contributed by atoms with van der Waals surface area (Å²) in [5.74, 6) is -0.311. The van der Waals surface area contributed by atoms with E-state index in [1.807, 2.05) is 0 Å². The summed E-state index contributed by atoms with van der Waals surface area (Å²) in [5, 5.41) is 3.18. The summed E-state index contributed by atoms with van der Waals surface area (Å²) in [5.41, 5.74) is 0.674. The number of hydrogen-bond donors (Lipinski definition) is 1. The van der Waals surface area contributed by atoms with Gasteiger partial charge in [0.1, 0.15) is 23.8 Å². The van der Waals surface area contributed by atoms with Gasteiger partial charge in [-0.1, -0.05) is 0 Å². The number of amides is 1. The number of esters is 1. The van der Waals surface area contributed by atoms with Crippen LogP contribution in [0.3, 0.4) is 0 Å². The fourth-order valence-corrected chi connectivity index (χ4v) is 4.47. The van der Waals surface area contributed by atoms with Crippen molar-refractivity contribution < 1.29 is 31.9 Å². The zero-order valence-corrected chi connectivity index (χ0v) is 19.3. The smallest absolute Gasteiger partial charge is 0.348 e. The van der Waals surface area contributed by atoms with Crippen molar-refractivity contribution in [3.63, 3.8) is 0 Å². The Kier molecular flexibility index (Phi) is 7.33. The van der Waals surface area contributed by atoms with Gasteiger partial charge >= 0.3 is 5.97 Å². The lowest BCUT2D eigenvalue weighted by molar-refractivity contribution is 0.0455. The van der Waals surface area contributed by atoms with E-state index >= 15 is 0 Å². The molecule has 0 radical (unpaired) electrons. The summed E-state index contributed by atoms with van der Waals surface area (Å²) < 4.78 is 41.0. The molecule has 32 heavy (non-hydrogen) atoms. The first-order valence-electron chi connectivity index (χ1n) is 9.46. The lowest BCUT2D eigenvalue weighted by atomic mass is 10.3. The number of furan rings is 1. The molecule has 0 fully saturated rings. The minimum absolute atomic E-state index is 0.00199. The quantitative estimate of drug-likeness (QED) is 0.370. The van der Waals surface area contributed by atoms with Crippen LogP contribution in [0.2, 0.25) is 0 Å². The van der Waals surface area contributed by atoms with E-state index < -0.39 is 21.9 Å². The summed E-state index contributed by atoms with van der Waals surface area (Å²) >= 11 is 1.10. The number of benzene rings is 1. The minimum Gasteiger partial charge on any atom is -0.490 e. The lowest BCUT2D eigenvalue weighted by Gasteiger charge is -2.12. The summed E-state index contributed by atoms with van der Waals surface area (Å²) in [6.07, 6.45) is 1.40. The van der Waals surface area contributed by atoms with Crippen LogP contribution in [0, 0.1) is 6.92 Å². The molecule has 0 unspecified atom stereocenters. The van der Waals surface area contributed by atoms with Crippen LogP contribution in [-0.4, -0.2) is 51.9 Å². The second kappa shape index (κ2) is 9.98. The van der Waals surface area contributed by atoms with Gasteiger partial charge in [-0.3, -0.25) is 4.79 Å². The molecule has 170 valence electrons. The van der Waals surface area contributed by atoms with Gasteiger partial charge in [0.05, 0.1) is 16.2 Å². The van der Waals surface area contributed by atoms with Crippen LogP contribution in [0.5, 0.6) is 5.75 Å². The average Bonchev–Trinajstić information content (AvgIpc) is 3.41. The molecule has 0 spiro atoms. The fourth-order valence-electron chi connectivity index (χ4n) is 2.61. The number of hydrogen-bond acceptors (Lipinski definition) is 8. The van der Waals surface area contributed by atoms with Crippen LogP contribution in [0.1, 0.15) is 25.8 Å². The third kappa shape index (κ3) is 5.55. The average molecular weight is 479 g/mol. The topological polar surface area (TPSA) is 115 Å². The highest BCUT2D eigenvalue weighted by molar-refractivity contribution is 7.89. The van der Waals surface area contributed by atoms with E-state index in [0.717, 1.165) is 15.6 Å². The zero-order valence-electron chi connectivity index (χ0n) is 17.7. The molecule has 9 nitrogen and oxygen atoms in total. The second-order valence-corrected chi connectivity index (χ2v) is 10.0. The van der Waals surface area contributed by atoms with E-state index in [2.05, 4.69) is 5.32 Å². The predicted molar refractivity (Wildman–Crippen MR) is 119 cm³/mol.